The first-order chi connectivity index (χ1) is 12.2. The van der Waals surface area contributed by atoms with Gasteiger partial charge in [-0.05, 0) is 50.1 Å². The molecule has 0 radical (unpaired) electrons. The molecular formula is C18H18N6O. The Morgan fingerprint density at radius 1 is 1.28 bits per heavy atom. The summed E-state index contributed by atoms with van der Waals surface area (Å²) in [5.74, 6) is 2.29. The lowest BCUT2D eigenvalue weighted by Gasteiger charge is -2.15. The van der Waals surface area contributed by atoms with E-state index >= 15 is 0 Å². The molecule has 1 unspecified atom stereocenters. The first-order valence-electron chi connectivity index (χ1n) is 8.12. The number of benzene rings is 1. The third-order valence-electron chi connectivity index (χ3n) is 4.02. The number of aromatic nitrogens is 4. The lowest BCUT2D eigenvalue weighted by Crippen LogP contribution is -2.08. The monoisotopic (exact) mass is 334 g/mol. The zero-order valence-corrected chi connectivity index (χ0v) is 14.0. The topological polar surface area (TPSA) is 88.1 Å². The molecule has 7 heteroatoms. The van der Waals surface area contributed by atoms with Gasteiger partial charge in [-0.15, -0.1) is 0 Å². The molecule has 0 saturated carbocycles. The zero-order chi connectivity index (χ0) is 17.2. The standard InChI is InChI=1S/C18H18N6O/c1-11-7-13(23-18-17-15(9-22-24-17)20-10-21-18)4-6-16(11)25-14-5-3-12(2)19-8-14/h4-10,12H,3H2,1-2H3,(H,22,24)(H,20,21,23). The Kier molecular flexibility index (Phi) is 3.89. The number of fused-ring (bicyclic) bond motifs is 1. The number of hydrogen-bond donors (Lipinski definition) is 2. The summed E-state index contributed by atoms with van der Waals surface area (Å²) in [5, 5.41) is 10.2. The van der Waals surface area contributed by atoms with Crippen LogP contribution >= 0.6 is 0 Å². The molecule has 0 spiro atoms. The van der Waals surface area contributed by atoms with Gasteiger partial charge < -0.3 is 10.1 Å². The highest BCUT2D eigenvalue weighted by Crippen LogP contribution is 2.27. The summed E-state index contributed by atoms with van der Waals surface area (Å²) >= 11 is 0. The van der Waals surface area contributed by atoms with E-state index in [0.717, 1.165) is 40.2 Å². The van der Waals surface area contributed by atoms with Gasteiger partial charge in [0.2, 0.25) is 0 Å². The van der Waals surface area contributed by atoms with Crippen molar-refractivity contribution in [3.63, 3.8) is 0 Å². The Morgan fingerprint density at radius 2 is 2.20 bits per heavy atom. The highest BCUT2D eigenvalue weighted by molar-refractivity contribution is 5.86. The van der Waals surface area contributed by atoms with E-state index in [4.69, 9.17) is 4.74 Å². The Morgan fingerprint density at radius 3 is 3.00 bits per heavy atom. The molecule has 0 saturated heterocycles. The van der Waals surface area contributed by atoms with Gasteiger partial charge in [-0.2, -0.15) is 5.10 Å². The number of allylic oxidation sites excluding steroid dienone is 1. The molecular weight excluding hydrogens is 316 g/mol. The highest BCUT2D eigenvalue weighted by Gasteiger charge is 2.10. The molecule has 2 aromatic heterocycles. The van der Waals surface area contributed by atoms with Gasteiger partial charge in [-0.25, -0.2) is 9.97 Å². The number of aryl methyl sites for hydroxylation is 1. The molecule has 126 valence electrons. The Balaban J connectivity index is 1.54. The number of hydrogen-bond acceptors (Lipinski definition) is 6. The van der Waals surface area contributed by atoms with E-state index in [2.05, 4.69) is 43.5 Å². The fourth-order valence-electron chi connectivity index (χ4n) is 2.63. The van der Waals surface area contributed by atoms with Crippen LogP contribution in [-0.4, -0.2) is 32.4 Å². The molecule has 1 aliphatic rings. The van der Waals surface area contributed by atoms with E-state index in [1.165, 1.54) is 6.33 Å². The Labute approximate surface area is 144 Å². The Hall–Kier alpha value is -3.22. The van der Waals surface area contributed by atoms with Gasteiger partial charge in [0.15, 0.2) is 5.82 Å². The molecule has 4 rings (SSSR count). The van der Waals surface area contributed by atoms with Crippen LogP contribution in [0.1, 0.15) is 18.9 Å². The van der Waals surface area contributed by atoms with Crippen molar-refractivity contribution in [1.82, 2.24) is 20.2 Å². The van der Waals surface area contributed by atoms with Crippen LogP contribution in [0, 0.1) is 6.92 Å². The molecule has 1 aliphatic heterocycles. The maximum absolute atomic E-state index is 5.94. The van der Waals surface area contributed by atoms with Gasteiger partial charge in [-0.1, -0.05) is 0 Å². The molecule has 0 bridgehead atoms. The summed E-state index contributed by atoms with van der Waals surface area (Å²) in [4.78, 5) is 12.8. The van der Waals surface area contributed by atoms with Crippen LogP contribution in [0.5, 0.6) is 5.75 Å². The number of H-pyrrole nitrogens is 1. The van der Waals surface area contributed by atoms with Crippen molar-refractivity contribution < 1.29 is 4.74 Å². The minimum Gasteiger partial charge on any atom is -0.456 e. The second-order valence-electron chi connectivity index (χ2n) is 6.03. The second-order valence-corrected chi connectivity index (χ2v) is 6.03. The molecule has 1 aromatic carbocycles. The fourth-order valence-corrected chi connectivity index (χ4v) is 2.63. The lowest BCUT2D eigenvalue weighted by atomic mass is 10.2. The minimum atomic E-state index is 0.326. The summed E-state index contributed by atoms with van der Waals surface area (Å²) < 4.78 is 5.94. The first-order valence-corrected chi connectivity index (χ1v) is 8.12. The normalized spacial score (nSPS) is 16.7. The van der Waals surface area contributed by atoms with Gasteiger partial charge >= 0.3 is 0 Å². The third-order valence-corrected chi connectivity index (χ3v) is 4.02. The number of ether oxygens (including phenoxy) is 1. The van der Waals surface area contributed by atoms with Crippen LogP contribution in [0.4, 0.5) is 11.5 Å². The predicted molar refractivity (Wildman–Crippen MR) is 97.4 cm³/mol. The largest absolute Gasteiger partial charge is 0.456 e. The van der Waals surface area contributed by atoms with Crippen LogP contribution in [0.15, 0.2) is 47.6 Å². The highest BCUT2D eigenvalue weighted by atomic mass is 16.5. The minimum absolute atomic E-state index is 0.326. The van der Waals surface area contributed by atoms with E-state index in [0.29, 0.717) is 11.9 Å². The van der Waals surface area contributed by atoms with Gasteiger partial charge in [0.1, 0.15) is 28.9 Å². The molecule has 3 aromatic rings. The zero-order valence-electron chi connectivity index (χ0n) is 14.0. The van der Waals surface area contributed by atoms with E-state index in [1.807, 2.05) is 25.1 Å². The fraction of sp³-hybridized carbons (Fsp3) is 0.222. The summed E-state index contributed by atoms with van der Waals surface area (Å²) in [6.07, 6.45) is 7.94. The van der Waals surface area contributed by atoms with Crippen LogP contribution in [-0.2, 0) is 0 Å². The third kappa shape index (κ3) is 3.21. The van der Waals surface area contributed by atoms with Gasteiger partial charge in [0.25, 0.3) is 0 Å². The number of aromatic amines is 1. The van der Waals surface area contributed by atoms with Crippen molar-refractivity contribution in [2.75, 3.05) is 5.32 Å². The second kappa shape index (κ2) is 6.35. The summed E-state index contributed by atoms with van der Waals surface area (Å²) in [5.41, 5.74) is 3.48. The molecule has 0 aliphatic carbocycles. The average Bonchev–Trinajstić information content (AvgIpc) is 3.09. The van der Waals surface area contributed by atoms with Crippen molar-refractivity contribution in [1.29, 1.82) is 0 Å². The predicted octanol–water partition coefficient (Wildman–Crippen LogP) is 3.53. The number of rotatable bonds is 4. The SMILES string of the molecule is Cc1cc(Nc2ncnc3cn[nH]c23)ccc1OC1=CCC(C)N=C1. The quantitative estimate of drug-likeness (QED) is 0.762. The molecule has 0 amide bonds. The molecule has 1 atom stereocenters. The van der Waals surface area contributed by atoms with E-state index < -0.39 is 0 Å². The molecule has 0 fully saturated rings. The van der Waals surface area contributed by atoms with Crippen LogP contribution in [0.3, 0.4) is 0 Å². The van der Waals surface area contributed by atoms with Crippen LogP contribution in [0.2, 0.25) is 0 Å². The Bertz CT molecular complexity index is 975. The summed E-state index contributed by atoms with van der Waals surface area (Å²) in [6.45, 7) is 4.09. The number of nitrogens with zero attached hydrogens (tertiary/aromatic N) is 4. The maximum atomic E-state index is 5.94. The summed E-state index contributed by atoms with van der Waals surface area (Å²) in [7, 11) is 0. The van der Waals surface area contributed by atoms with E-state index in [9.17, 15) is 0 Å². The van der Waals surface area contributed by atoms with Crippen molar-refractivity contribution in [3.8, 4) is 5.75 Å². The maximum Gasteiger partial charge on any atom is 0.159 e. The number of nitrogens with one attached hydrogen (secondary N) is 2. The van der Waals surface area contributed by atoms with Gasteiger partial charge in [0.05, 0.1) is 18.5 Å². The smallest absolute Gasteiger partial charge is 0.159 e. The van der Waals surface area contributed by atoms with Crippen molar-refractivity contribution in [2.24, 2.45) is 4.99 Å². The van der Waals surface area contributed by atoms with Crippen molar-refractivity contribution in [3.05, 3.63) is 48.1 Å². The molecule has 7 nitrogen and oxygen atoms in total. The van der Waals surface area contributed by atoms with E-state index in [-0.39, 0.29) is 0 Å². The van der Waals surface area contributed by atoms with Crippen LogP contribution in [0.25, 0.3) is 11.0 Å². The number of anilines is 2. The molecule has 2 N–H and O–H groups in total. The van der Waals surface area contributed by atoms with E-state index in [1.54, 1.807) is 12.4 Å². The lowest BCUT2D eigenvalue weighted by molar-refractivity contribution is 0.445. The number of dihydropyridines is 1. The van der Waals surface area contributed by atoms with Gasteiger partial charge in [0, 0.05) is 5.69 Å². The van der Waals surface area contributed by atoms with Crippen LogP contribution < -0.4 is 10.1 Å². The molecule has 3 heterocycles. The van der Waals surface area contributed by atoms with Crippen molar-refractivity contribution in [2.45, 2.75) is 26.3 Å². The van der Waals surface area contributed by atoms with Gasteiger partial charge in [-0.3, -0.25) is 10.1 Å². The molecule has 25 heavy (non-hydrogen) atoms. The summed E-state index contributed by atoms with van der Waals surface area (Å²) in [6, 6.07) is 6.24. The van der Waals surface area contributed by atoms with Crippen molar-refractivity contribution >= 4 is 28.8 Å². The number of aliphatic imine (C=N–C) groups is 1. The average molecular weight is 334 g/mol. The first kappa shape index (κ1) is 15.3.